The predicted octanol–water partition coefficient (Wildman–Crippen LogP) is 6.11. The van der Waals surface area contributed by atoms with Crippen molar-refractivity contribution in [3.8, 4) is 5.75 Å². The minimum Gasteiger partial charge on any atom is -0.497 e. The highest BCUT2D eigenvalue weighted by Gasteiger charge is 2.42. The number of amides is 1. The van der Waals surface area contributed by atoms with E-state index in [4.69, 9.17) is 20.8 Å². The largest absolute Gasteiger partial charge is 0.497 e. The summed E-state index contributed by atoms with van der Waals surface area (Å²) in [4.78, 5) is 29.1. The number of nitrogens with zero attached hydrogens (tertiary/aromatic N) is 1. The Morgan fingerprint density at radius 1 is 1.00 bits per heavy atom. The maximum absolute atomic E-state index is 13.7. The van der Waals surface area contributed by atoms with Crippen LogP contribution in [-0.4, -0.2) is 24.5 Å². The Morgan fingerprint density at radius 3 is 2.34 bits per heavy atom. The Hall–Kier alpha value is -3.57. The summed E-state index contributed by atoms with van der Waals surface area (Å²) in [6, 6.07) is 18.7. The van der Waals surface area contributed by atoms with Crippen LogP contribution in [0.4, 0.5) is 0 Å². The molecule has 5 nitrogen and oxygen atoms in total. The predicted molar refractivity (Wildman–Crippen MR) is 138 cm³/mol. The summed E-state index contributed by atoms with van der Waals surface area (Å²) >= 11 is 6.33. The molecule has 6 heteroatoms. The molecule has 0 radical (unpaired) electrons. The number of hydrogen-bond donors (Lipinski definition) is 0. The minimum absolute atomic E-state index is 0.114. The van der Waals surface area contributed by atoms with Gasteiger partial charge in [-0.1, -0.05) is 54.9 Å². The second-order valence-corrected chi connectivity index (χ2v) is 9.27. The fraction of sp³-hybridized carbons (Fsp3) is 0.241. The van der Waals surface area contributed by atoms with E-state index < -0.39 is 6.04 Å². The average Bonchev–Trinajstić information content (AvgIpc) is 3.16. The molecule has 0 spiro atoms. The summed E-state index contributed by atoms with van der Waals surface area (Å²) in [5.74, 6) is 0.621. The third kappa shape index (κ3) is 4.10. The van der Waals surface area contributed by atoms with E-state index in [-0.39, 0.29) is 17.1 Å². The first-order valence-corrected chi connectivity index (χ1v) is 12.1. The molecule has 0 saturated heterocycles. The lowest BCUT2D eigenvalue weighted by Gasteiger charge is -2.25. The quantitative estimate of drug-likeness (QED) is 0.329. The molecule has 1 unspecified atom stereocenters. The zero-order valence-corrected chi connectivity index (χ0v) is 20.7. The maximum Gasteiger partial charge on any atom is 0.290 e. The van der Waals surface area contributed by atoms with Gasteiger partial charge in [-0.25, -0.2) is 0 Å². The summed E-state index contributed by atoms with van der Waals surface area (Å²) in [6.45, 7) is 4.37. The number of carbonyl (C=O) groups is 1. The number of aryl methyl sites for hydroxylation is 2. The van der Waals surface area contributed by atoms with E-state index in [0.717, 1.165) is 28.9 Å². The van der Waals surface area contributed by atoms with Crippen molar-refractivity contribution in [2.24, 2.45) is 0 Å². The number of hydrogen-bond acceptors (Lipinski definition) is 4. The molecule has 2 heterocycles. The molecule has 0 fully saturated rings. The highest BCUT2D eigenvalue weighted by atomic mass is 35.5. The fourth-order valence-electron chi connectivity index (χ4n) is 4.70. The molecule has 5 rings (SSSR count). The van der Waals surface area contributed by atoms with Gasteiger partial charge in [0.05, 0.1) is 24.1 Å². The van der Waals surface area contributed by atoms with Gasteiger partial charge in [-0.3, -0.25) is 9.59 Å². The Balaban J connectivity index is 1.61. The van der Waals surface area contributed by atoms with Crippen LogP contribution in [0.1, 0.15) is 51.3 Å². The number of ether oxygens (including phenoxy) is 1. The Kier molecular flexibility index (Phi) is 6.12. The lowest BCUT2D eigenvalue weighted by atomic mass is 9.96. The zero-order valence-electron chi connectivity index (χ0n) is 19.9. The minimum atomic E-state index is -0.526. The summed E-state index contributed by atoms with van der Waals surface area (Å²) in [5, 5.41) is 0.883. The molecule has 0 bridgehead atoms. The second-order valence-electron chi connectivity index (χ2n) is 8.87. The van der Waals surface area contributed by atoms with Crippen molar-refractivity contribution in [1.29, 1.82) is 0 Å². The molecular weight excluding hydrogens is 462 g/mol. The van der Waals surface area contributed by atoms with Gasteiger partial charge in [0, 0.05) is 11.6 Å². The van der Waals surface area contributed by atoms with Gasteiger partial charge in [0.1, 0.15) is 11.3 Å². The monoisotopic (exact) mass is 487 g/mol. The average molecular weight is 488 g/mol. The number of rotatable bonds is 6. The lowest BCUT2D eigenvalue weighted by Crippen LogP contribution is -2.31. The van der Waals surface area contributed by atoms with E-state index in [1.807, 2.05) is 55.5 Å². The smallest absolute Gasteiger partial charge is 0.290 e. The van der Waals surface area contributed by atoms with Crippen LogP contribution in [0.3, 0.4) is 0 Å². The molecule has 3 aromatic carbocycles. The molecule has 0 saturated carbocycles. The van der Waals surface area contributed by atoms with Crippen LogP contribution in [0.25, 0.3) is 11.0 Å². The first kappa shape index (κ1) is 23.2. The number of fused-ring (bicyclic) bond motifs is 2. The second kappa shape index (κ2) is 9.23. The highest BCUT2D eigenvalue weighted by molar-refractivity contribution is 6.32. The fourth-order valence-corrected chi connectivity index (χ4v) is 4.86. The van der Waals surface area contributed by atoms with Gasteiger partial charge < -0.3 is 14.1 Å². The van der Waals surface area contributed by atoms with Crippen LogP contribution < -0.4 is 10.2 Å². The Bertz CT molecular complexity index is 1470. The van der Waals surface area contributed by atoms with E-state index in [1.54, 1.807) is 24.1 Å². The van der Waals surface area contributed by atoms with E-state index in [1.165, 1.54) is 5.56 Å². The van der Waals surface area contributed by atoms with Crippen molar-refractivity contribution in [3.05, 3.63) is 109 Å². The molecule has 178 valence electrons. The molecule has 1 aliphatic heterocycles. The van der Waals surface area contributed by atoms with E-state index >= 15 is 0 Å². The van der Waals surface area contributed by atoms with Crippen molar-refractivity contribution < 1.29 is 13.9 Å². The molecule has 1 aromatic heterocycles. The first-order valence-electron chi connectivity index (χ1n) is 11.7. The van der Waals surface area contributed by atoms with Crippen LogP contribution >= 0.6 is 11.6 Å². The molecule has 4 aromatic rings. The van der Waals surface area contributed by atoms with Crippen LogP contribution in [0.2, 0.25) is 5.02 Å². The number of methoxy groups -OCH3 is 1. The maximum atomic E-state index is 13.7. The summed E-state index contributed by atoms with van der Waals surface area (Å²) in [6.07, 6.45) is 1.54. The van der Waals surface area contributed by atoms with Crippen LogP contribution in [-0.2, 0) is 12.8 Å². The van der Waals surface area contributed by atoms with Gasteiger partial charge in [0.15, 0.2) is 5.43 Å². The van der Waals surface area contributed by atoms with Crippen LogP contribution in [0.15, 0.2) is 69.9 Å². The Labute approximate surface area is 208 Å². The summed E-state index contributed by atoms with van der Waals surface area (Å²) in [7, 11) is 1.63. The zero-order chi connectivity index (χ0) is 24.7. The van der Waals surface area contributed by atoms with Gasteiger partial charge in [0.2, 0.25) is 5.76 Å². The van der Waals surface area contributed by atoms with Crippen molar-refractivity contribution in [1.82, 2.24) is 4.90 Å². The van der Waals surface area contributed by atoms with Gasteiger partial charge in [-0.05, 0) is 66.3 Å². The Morgan fingerprint density at radius 2 is 1.69 bits per heavy atom. The number of carbonyl (C=O) groups excluding carboxylic acids is 1. The van der Waals surface area contributed by atoms with Crippen molar-refractivity contribution in [2.45, 2.75) is 32.7 Å². The van der Waals surface area contributed by atoms with E-state index in [0.29, 0.717) is 34.5 Å². The first-order chi connectivity index (χ1) is 16.9. The number of benzene rings is 3. The standard InChI is InChI=1S/C29H26ClNO4/c1-4-18-5-9-20(10-6-18)26-25-27(32)22-16-23(30)17(2)15-24(22)35-28(25)29(33)31(26)14-13-19-7-11-21(34-3)12-8-19/h5-12,15-16,26H,4,13-14H2,1-3H3. The molecule has 0 aliphatic carbocycles. The van der Waals surface area contributed by atoms with Gasteiger partial charge in [-0.15, -0.1) is 0 Å². The SMILES string of the molecule is CCc1ccc(C2c3c(oc4cc(C)c(Cl)cc4c3=O)C(=O)N2CCc2ccc(OC)cc2)cc1. The molecular formula is C29H26ClNO4. The van der Waals surface area contributed by atoms with E-state index in [2.05, 4.69) is 6.92 Å². The summed E-state index contributed by atoms with van der Waals surface area (Å²) in [5.41, 5.74) is 4.47. The normalized spacial score (nSPS) is 15.0. The van der Waals surface area contributed by atoms with Crippen LogP contribution in [0, 0.1) is 6.92 Å². The van der Waals surface area contributed by atoms with E-state index in [9.17, 15) is 9.59 Å². The molecule has 0 N–H and O–H groups in total. The third-order valence-electron chi connectivity index (χ3n) is 6.75. The topological polar surface area (TPSA) is 59.8 Å². The molecule has 35 heavy (non-hydrogen) atoms. The molecule has 1 aliphatic rings. The highest BCUT2D eigenvalue weighted by Crippen LogP contribution is 2.39. The van der Waals surface area contributed by atoms with Gasteiger partial charge in [0.25, 0.3) is 5.91 Å². The van der Waals surface area contributed by atoms with Crippen molar-refractivity contribution >= 4 is 28.5 Å². The molecule has 1 atom stereocenters. The van der Waals surface area contributed by atoms with Crippen molar-refractivity contribution in [3.63, 3.8) is 0 Å². The van der Waals surface area contributed by atoms with Crippen molar-refractivity contribution in [2.75, 3.05) is 13.7 Å². The van der Waals surface area contributed by atoms with Gasteiger partial charge >= 0.3 is 0 Å². The lowest BCUT2D eigenvalue weighted by molar-refractivity contribution is 0.0730. The molecule has 1 amide bonds. The van der Waals surface area contributed by atoms with Gasteiger partial charge in [-0.2, -0.15) is 0 Å². The van der Waals surface area contributed by atoms with Crippen LogP contribution in [0.5, 0.6) is 5.75 Å². The third-order valence-corrected chi connectivity index (χ3v) is 7.16. The summed E-state index contributed by atoms with van der Waals surface area (Å²) < 4.78 is 11.3. The number of halogens is 1.